The molecular weight excluding hydrogens is 408 g/mol. The lowest BCUT2D eigenvalue weighted by atomic mass is 9.98. The summed E-state index contributed by atoms with van der Waals surface area (Å²) in [4.78, 5) is 19.5. The fourth-order valence-corrected chi connectivity index (χ4v) is 5.42. The Morgan fingerprint density at radius 3 is 2.41 bits per heavy atom. The smallest absolute Gasteiger partial charge is 0.256 e. The molecule has 2 heterocycles. The van der Waals surface area contributed by atoms with E-state index >= 15 is 0 Å². The number of piperidine rings is 1. The lowest BCUT2D eigenvalue weighted by Crippen LogP contribution is -2.38. The molecule has 2 aromatic carbocycles. The van der Waals surface area contributed by atoms with Crippen LogP contribution in [0, 0.1) is 5.92 Å². The Morgan fingerprint density at radius 1 is 1.07 bits per heavy atom. The zero-order valence-corrected chi connectivity index (χ0v) is 17.6. The van der Waals surface area contributed by atoms with Gasteiger partial charge >= 0.3 is 0 Å². The number of rotatable bonds is 3. The molecule has 1 fully saturated rings. The topological polar surface area (TPSA) is 67.3 Å². The minimum absolute atomic E-state index is 0.00837. The second-order valence-electron chi connectivity index (χ2n) is 7.45. The Kier molecular flexibility index (Phi) is 5.32. The van der Waals surface area contributed by atoms with Crippen LogP contribution in [0.15, 0.2) is 64.5 Å². The van der Waals surface area contributed by atoms with Crippen molar-refractivity contribution in [3.63, 3.8) is 0 Å². The number of carbonyl (C=O) groups excluding carboxylic acids is 1. The normalized spacial score (nSPS) is 15.6. The number of likely N-dealkylation sites (tertiary alicyclic amines) is 1. The van der Waals surface area contributed by atoms with Gasteiger partial charge in [-0.3, -0.25) is 9.78 Å². The highest BCUT2D eigenvalue weighted by molar-refractivity contribution is 7.91. The van der Waals surface area contributed by atoms with E-state index in [4.69, 9.17) is 11.6 Å². The van der Waals surface area contributed by atoms with Gasteiger partial charge in [-0.2, -0.15) is 0 Å². The van der Waals surface area contributed by atoms with E-state index in [1.165, 1.54) is 30.5 Å². The number of para-hydroxylation sites is 1. The van der Waals surface area contributed by atoms with Gasteiger partial charge in [0.05, 0.1) is 20.9 Å². The van der Waals surface area contributed by atoms with Gasteiger partial charge in [-0.1, -0.05) is 36.7 Å². The Hall–Kier alpha value is -2.44. The Balaban J connectivity index is 1.90. The third-order valence-electron chi connectivity index (χ3n) is 5.42. The molecule has 0 radical (unpaired) electrons. The van der Waals surface area contributed by atoms with Crippen molar-refractivity contribution >= 4 is 38.2 Å². The van der Waals surface area contributed by atoms with Crippen LogP contribution in [0.4, 0.5) is 0 Å². The average Bonchev–Trinajstić information content (AvgIpc) is 2.73. The van der Waals surface area contributed by atoms with Gasteiger partial charge in [-0.15, -0.1) is 0 Å². The van der Waals surface area contributed by atoms with Crippen LogP contribution in [0.3, 0.4) is 0 Å². The molecule has 5 nitrogen and oxygen atoms in total. The van der Waals surface area contributed by atoms with E-state index in [2.05, 4.69) is 11.9 Å². The lowest BCUT2D eigenvalue weighted by molar-refractivity contribution is 0.0693. The second kappa shape index (κ2) is 7.76. The van der Waals surface area contributed by atoms with Gasteiger partial charge in [-0.05, 0) is 49.1 Å². The van der Waals surface area contributed by atoms with Crippen molar-refractivity contribution in [3.05, 3.63) is 65.3 Å². The minimum Gasteiger partial charge on any atom is -0.339 e. The predicted octanol–water partition coefficient (Wildman–Crippen LogP) is 4.59. The van der Waals surface area contributed by atoms with E-state index in [1.807, 2.05) is 0 Å². The van der Waals surface area contributed by atoms with E-state index in [0.717, 1.165) is 12.8 Å². The van der Waals surface area contributed by atoms with E-state index < -0.39 is 9.84 Å². The van der Waals surface area contributed by atoms with Crippen molar-refractivity contribution in [2.45, 2.75) is 29.6 Å². The first-order valence-electron chi connectivity index (χ1n) is 9.55. The highest BCUT2D eigenvalue weighted by Crippen LogP contribution is 2.32. The van der Waals surface area contributed by atoms with Crippen LogP contribution >= 0.6 is 11.6 Å². The molecule has 0 N–H and O–H groups in total. The molecular formula is C22H21ClN2O3S. The van der Waals surface area contributed by atoms with Gasteiger partial charge in [0.1, 0.15) is 0 Å². The number of halogens is 1. The standard InChI is InChI=1S/C22H21ClN2O3S/c1-15-10-12-25(13-11-15)22(26)19-14-24-20-5-3-2-4-18(20)21(19)29(27,28)17-8-6-16(23)7-9-17/h2-9,14-15H,10-13H2,1H3. The molecule has 0 saturated carbocycles. The number of sulfone groups is 1. The number of fused-ring (bicyclic) bond motifs is 1. The van der Waals surface area contributed by atoms with E-state index in [-0.39, 0.29) is 21.3 Å². The number of carbonyl (C=O) groups is 1. The average molecular weight is 429 g/mol. The summed E-state index contributed by atoms with van der Waals surface area (Å²) in [6.45, 7) is 3.40. The molecule has 150 valence electrons. The Morgan fingerprint density at radius 2 is 1.72 bits per heavy atom. The number of benzene rings is 2. The van der Waals surface area contributed by atoms with Crippen molar-refractivity contribution in [1.82, 2.24) is 9.88 Å². The highest BCUT2D eigenvalue weighted by Gasteiger charge is 2.31. The van der Waals surface area contributed by atoms with E-state index in [0.29, 0.717) is 34.9 Å². The van der Waals surface area contributed by atoms with E-state index in [1.54, 1.807) is 29.2 Å². The molecule has 0 unspecified atom stereocenters. The zero-order valence-electron chi connectivity index (χ0n) is 16.0. The number of pyridine rings is 1. The molecule has 1 aromatic heterocycles. The third-order valence-corrected chi connectivity index (χ3v) is 7.54. The van der Waals surface area contributed by atoms with Crippen LogP contribution in [0.5, 0.6) is 0 Å². The Bertz CT molecular complexity index is 1170. The van der Waals surface area contributed by atoms with Gasteiger partial charge in [0, 0.05) is 29.7 Å². The largest absolute Gasteiger partial charge is 0.339 e. The summed E-state index contributed by atoms with van der Waals surface area (Å²) in [6, 6.07) is 13.0. The molecule has 0 atom stereocenters. The van der Waals surface area contributed by atoms with Gasteiger partial charge < -0.3 is 4.90 Å². The quantitative estimate of drug-likeness (QED) is 0.611. The van der Waals surface area contributed by atoms with Crippen molar-refractivity contribution < 1.29 is 13.2 Å². The second-order valence-corrected chi connectivity index (χ2v) is 9.77. The van der Waals surface area contributed by atoms with Crippen molar-refractivity contribution in [3.8, 4) is 0 Å². The van der Waals surface area contributed by atoms with Gasteiger partial charge in [0.2, 0.25) is 9.84 Å². The summed E-state index contributed by atoms with van der Waals surface area (Å²) < 4.78 is 27.2. The maximum absolute atomic E-state index is 13.6. The molecule has 1 amide bonds. The molecule has 0 spiro atoms. The molecule has 29 heavy (non-hydrogen) atoms. The van der Waals surface area contributed by atoms with Crippen molar-refractivity contribution in [1.29, 1.82) is 0 Å². The summed E-state index contributed by atoms with van der Waals surface area (Å²) in [7, 11) is -3.95. The number of hydrogen-bond donors (Lipinski definition) is 0. The maximum atomic E-state index is 13.6. The molecule has 7 heteroatoms. The monoisotopic (exact) mass is 428 g/mol. The van der Waals surface area contributed by atoms with Gasteiger partial charge in [-0.25, -0.2) is 8.42 Å². The number of hydrogen-bond acceptors (Lipinski definition) is 4. The van der Waals surface area contributed by atoms with Crippen LogP contribution in [0.25, 0.3) is 10.9 Å². The molecule has 1 aliphatic heterocycles. The fraction of sp³-hybridized carbons (Fsp3) is 0.273. The number of amides is 1. The molecule has 0 aliphatic carbocycles. The summed E-state index contributed by atoms with van der Waals surface area (Å²) in [6.07, 6.45) is 3.21. The summed E-state index contributed by atoms with van der Waals surface area (Å²) in [5.74, 6) is 0.272. The highest BCUT2D eigenvalue weighted by atomic mass is 35.5. The third kappa shape index (κ3) is 3.74. The van der Waals surface area contributed by atoms with Crippen LogP contribution in [0.1, 0.15) is 30.1 Å². The fourth-order valence-electron chi connectivity index (χ4n) is 3.67. The molecule has 4 rings (SSSR count). The molecule has 0 bridgehead atoms. The zero-order chi connectivity index (χ0) is 20.6. The molecule has 3 aromatic rings. The van der Waals surface area contributed by atoms with Gasteiger partial charge in [0.15, 0.2) is 0 Å². The maximum Gasteiger partial charge on any atom is 0.256 e. The molecule has 1 saturated heterocycles. The summed E-state index contributed by atoms with van der Waals surface area (Å²) in [5, 5.41) is 0.890. The van der Waals surface area contributed by atoms with Crippen molar-refractivity contribution in [2.24, 2.45) is 5.92 Å². The summed E-state index contributed by atoms with van der Waals surface area (Å²) >= 11 is 5.93. The first-order valence-corrected chi connectivity index (χ1v) is 11.4. The first-order chi connectivity index (χ1) is 13.9. The minimum atomic E-state index is -3.95. The van der Waals surface area contributed by atoms with Crippen molar-refractivity contribution in [2.75, 3.05) is 13.1 Å². The van der Waals surface area contributed by atoms with Crippen LogP contribution in [0.2, 0.25) is 5.02 Å². The first kappa shape index (κ1) is 19.9. The van der Waals surface area contributed by atoms with Crippen LogP contribution < -0.4 is 0 Å². The van der Waals surface area contributed by atoms with Crippen LogP contribution in [-0.4, -0.2) is 37.3 Å². The van der Waals surface area contributed by atoms with Gasteiger partial charge in [0.25, 0.3) is 5.91 Å². The number of nitrogens with zero attached hydrogens (tertiary/aromatic N) is 2. The number of aromatic nitrogens is 1. The Labute approximate surface area is 175 Å². The lowest BCUT2D eigenvalue weighted by Gasteiger charge is -2.30. The predicted molar refractivity (Wildman–Crippen MR) is 113 cm³/mol. The SMILES string of the molecule is CC1CCN(C(=O)c2cnc3ccccc3c2S(=O)(=O)c2ccc(Cl)cc2)CC1. The van der Waals surface area contributed by atoms with Crippen LogP contribution in [-0.2, 0) is 9.84 Å². The molecule has 1 aliphatic rings. The van der Waals surface area contributed by atoms with E-state index in [9.17, 15) is 13.2 Å². The summed E-state index contributed by atoms with van der Waals surface area (Å²) in [5.41, 5.74) is 0.650.